The standard InChI is InChI=1S/C19H19N3O5S/c1-4-26-14-7-5-13(10-15(14)25-3)6-8-18(24)27-11-16-21-22-17(23)9-12(2)20-19(22)28-16/h5-10H,4,11H2,1-3H3/b8-6+. The summed E-state index contributed by atoms with van der Waals surface area (Å²) < 4.78 is 17.1. The zero-order valence-electron chi connectivity index (χ0n) is 15.7. The third-order valence-electron chi connectivity index (χ3n) is 3.65. The first-order chi connectivity index (χ1) is 13.5. The summed E-state index contributed by atoms with van der Waals surface area (Å²) in [5.41, 5.74) is 1.12. The van der Waals surface area contributed by atoms with Crippen molar-refractivity contribution in [1.29, 1.82) is 0 Å². The second-order valence-electron chi connectivity index (χ2n) is 5.71. The van der Waals surface area contributed by atoms with E-state index in [0.717, 1.165) is 5.56 Å². The quantitative estimate of drug-likeness (QED) is 0.444. The van der Waals surface area contributed by atoms with Crippen LogP contribution in [0.5, 0.6) is 11.5 Å². The predicted octanol–water partition coefficient (Wildman–Crippen LogP) is 2.62. The average Bonchev–Trinajstić information content (AvgIpc) is 3.09. The lowest BCUT2D eigenvalue weighted by atomic mass is 10.2. The number of carbonyl (C=O) groups is 1. The molecule has 0 aliphatic heterocycles. The normalized spacial score (nSPS) is 11.1. The Kier molecular flexibility index (Phi) is 6.05. The number of carbonyl (C=O) groups excluding carboxylic acids is 1. The highest BCUT2D eigenvalue weighted by molar-refractivity contribution is 7.16. The molecule has 28 heavy (non-hydrogen) atoms. The summed E-state index contributed by atoms with van der Waals surface area (Å²) in [5.74, 6) is 0.698. The number of methoxy groups -OCH3 is 1. The second-order valence-corrected chi connectivity index (χ2v) is 6.75. The summed E-state index contributed by atoms with van der Waals surface area (Å²) >= 11 is 1.20. The van der Waals surface area contributed by atoms with Gasteiger partial charge in [0.15, 0.2) is 16.5 Å². The molecule has 0 unspecified atom stereocenters. The van der Waals surface area contributed by atoms with E-state index in [9.17, 15) is 9.59 Å². The number of hydrogen-bond acceptors (Lipinski definition) is 8. The Morgan fingerprint density at radius 3 is 2.86 bits per heavy atom. The van der Waals surface area contributed by atoms with E-state index in [-0.39, 0.29) is 12.2 Å². The molecule has 146 valence electrons. The van der Waals surface area contributed by atoms with Gasteiger partial charge < -0.3 is 14.2 Å². The molecule has 0 N–H and O–H groups in total. The molecule has 0 spiro atoms. The van der Waals surface area contributed by atoms with E-state index in [1.54, 1.807) is 32.2 Å². The van der Waals surface area contributed by atoms with Crippen molar-refractivity contribution < 1.29 is 19.0 Å². The first-order valence-corrected chi connectivity index (χ1v) is 9.34. The molecule has 2 aromatic heterocycles. The Bertz CT molecular complexity index is 1090. The van der Waals surface area contributed by atoms with Crippen LogP contribution in [0.4, 0.5) is 0 Å². The average molecular weight is 401 g/mol. The molecule has 0 radical (unpaired) electrons. The summed E-state index contributed by atoms with van der Waals surface area (Å²) in [4.78, 5) is 28.5. The van der Waals surface area contributed by atoms with Crippen molar-refractivity contribution >= 4 is 28.3 Å². The van der Waals surface area contributed by atoms with E-state index in [0.29, 0.717) is 33.8 Å². The monoisotopic (exact) mass is 401 g/mol. The summed E-state index contributed by atoms with van der Waals surface area (Å²) in [7, 11) is 1.55. The topological polar surface area (TPSA) is 92.0 Å². The number of hydrogen-bond donors (Lipinski definition) is 0. The molecule has 2 heterocycles. The molecule has 3 aromatic rings. The van der Waals surface area contributed by atoms with Gasteiger partial charge in [-0.15, -0.1) is 0 Å². The van der Waals surface area contributed by atoms with Gasteiger partial charge in [-0.25, -0.2) is 9.78 Å². The largest absolute Gasteiger partial charge is 0.493 e. The van der Waals surface area contributed by atoms with E-state index in [1.165, 1.54) is 28.0 Å². The van der Waals surface area contributed by atoms with Gasteiger partial charge in [-0.3, -0.25) is 4.79 Å². The van der Waals surface area contributed by atoms with Gasteiger partial charge in [0.05, 0.1) is 13.7 Å². The number of esters is 1. The highest BCUT2D eigenvalue weighted by Gasteiger charge is 2.09. The maximum absolute atomic E-state index is 12.0. The number of aromatic nitrogens is 3. The zero-order chi connectivity index (χ0) is 20.1. The Labute approximate surface area is 165 Å². The van der Waals surface area contributed by atoms with Crippen LogP contribution in [-0.2, 0) is 16.1 Å². The first kappa shape index (κ1) is 19.6. The lowest BCUT2D eigenvalue weighted by Gasteiger charge is -2.09. The fourth-order valence-electron chi connectivity index (χ4n) is 2.43. The minimum absolute atomic E-state index is 0.0394. The fourth-order valence-corrected chi connectivity index (χ4v) is 3.28. The molecule has 0 fully saturated rings. The minimum atomic E-state index is -0.524. The molecule has 8 nitrogen and oxygen atoms in total. The van der Waals surface area contributed by atoms with Crippen LogP contribution in [-0.4, -0.2) is 34.3 Å². The number of benzene rings is 1. The lowest BCUT2D eigenvalue weighted by molar-refractivity contribution is -0.138. The van der Waals surface area contributed by atoms with E-state index in [2.05, 4.69) is 10.1 Å². The van der Waals surface area contributed by atoms with Gasteiger partial charge in [0, 0.05) is 17.8 Å². The van der Waals surface area contributed by atoms with Crippen molar-refractivity contribution in [3.8, 4) is 11.5 Å². The highest BCUT2D eigenvalue weighted by Crippen LogP contribution is 2.28. The van der Waals surface area contributed by atoms with Crippen LogP contribution < -0.4 is 15.0 Å². The van der Waals surface area contributed by atoms with Crippen molar-refractivity contribution in [2.75, 3.05) is 13.7 Å². The molecule has 9 heteroatoms. The van der Waals surface area contributed by atoms with Crippen LogP contribution in [0.2, 0.25) is 0 Å². The Morgan fingerprint density at radius 2 is 2.11 bits per heavy atom. The second kappa shape index (κ2) is 8.66. The molecule has 1 aromatic carbocycles. The molecule has 0 amide bonds. The van der Waals surface area contributed by atoms with Gasteiger partial charge in [-0.2, -0.15) is 9.61 Å². The van der Waals surface area contributed by atoms with Gasteiger partial charge in [0.2, 0.25) is 4.96 Å². The maximum Gasteiger partial charge on any atom is 0.331 e. The van der Waals surface area contributed by atoms with Gasteiger partial charge in [-0.1, -0.05) is 17.4 Å². The van der Waals surface area contributed by atoms with Crippen molar-refractivity contribution in [3.63, 3.8) is 0 Å². The van der Waals surface area contributed by atoms with Gasteiger partial charge in [0.1, 0.15) is 6.61 Å². The van der Waals surface area contributed by atoms with Gasteiger partial charge >= 0.3 is 5.97 Å². The van der Waals surface area contributed by atoms with E-state index in [4.69, 9.17) is 14.2 Å². The molecular formula is C19H19N3O5S. The Morgan fingerprint density at radius 1 is 1.29 bits per heavy atom. The molecule has 0 saturated heterocycles. The molecule has 0 aliphatic rings. The smallest absolute Gasteiger partial charge is 0.331 e. The molecule has 0 bridgehead atoms. The lowest BCUT2D eigenvalue weighted by Crippen LogP contribution is -2.14. The Hall–Kier alpha value is -3.20. The SMILES string of the molecule is CCOc1ccc(/C=C/C(=O)OCc2nn3c(=O)cc(C)nc3s2)cc1OC. The number of rotatable bonds is 7. The van der Waals surface area contributed by atoms with Crippen molar-refractivity contribution in [1.82, 2.24) is 14.6 Å². The molecule has 3 rings (SSSR count). The summed E-state index contributed by atoms with van der Waals surface area (Å²) in [6.07, 6.45) is 2.94. The van der Waals surface area contributed by atoms with Crippen LogP contribution in [0.3, 0.4) is 0 Å². The van der Waals surface area contributed by atoms with Gasteiger partial charge in [0.25, 0.3) is 5.56 Å². The van der Waals surface area contributed by atoms with Crippen LogP contribution in [0.1, 0.15) is 23.2 Å². The first-order valence-electron chi connectivity index (χ1n) is 8.52. The highest BCUT2D eigenvalue weighted by atomic mass is 32.1. The summed E-state index contributed by atoms with van der Waals surface area (Å²) in [6.45, 7) is 4.12. The fraction of sp³-hybridized carbons (Fsp3) is 0.263. The third kappa shape index (κ3) is 4.55. The van der Waals surface area contributed by atoms with E-state index >= 15 is 0 Å². The molecule has 0 atom stereocenters. The summed E-state index contributed by atoms with van der Waals surface area (Å²) in [6, 6.07) is 6.76. The molecule has 0 saturated carbocycles. The minimum Gasteiger partial charge on any atom is -0.493 e. The van der Waals surface area contributed by atoms with Crippen LogP contribution in [0.15, 0.2) is 35.1 Å². The van der Waals surface area contributed by atoms with Crippen LogP contribution in [0, 0.1) is 6.92 Å². The van der Waals surface area contributed by atoms with E-state index in [1.807, 2.05) is 13.0 Å². The van der Waals surface area contributed by atoms with Crippen molar-refractivity contribution in [2.45, 2.75) is 20.5 Å². The number of nitrogens with zero attached hydrogens (tertiary/aromatic N) is 3. The number of fused-ring (bicyclic) bond motifs is 1. The van der Waals surface area contributed by atoms with Gasteiger partial charge in [-0.05, 0) is 37.6 Å². The number of ether oxygens (including phenoxy) is 3. The van der Waals surface area contributed by atoms with Crippen LogP contribution >= 0.6 is 11.3 Å². The third-order valence-corrected chi connectivity index (χ3v) is 4.53. The van der Waals surface area contributed by atoms with Crippen molar-refractivity contribution in [2.24, 2.45) is 0 Å². The Balaban J connectivity index is 1.64. The molecular weight excluding hydrogens is 382 g/mol. The van der Waals surface area contributed by atoms with Crippen LogP contribution in [0.25, 0.3) is 11.0 Å². The number of aryl methyl sites for hydroxylation is 1. The maximum atomic E-state index is 12.0. The predicted molar refractivity (Wildman–Crippen MR) is 105 cm³/mol. The van der Waals surface area contributed by atoms with Crippen molar-refractivity contribution in [3.05, 3.63) is 57.0 Å². The summed E-state index contributed by atoms with van der Waals surface area (Å²) in [5, 5.41) is 4.61. The zero-order valence-corrected chi connectivity index (χ0v) is 16.5. The molecule has 0 aliphatic carbocycles. The van der Waals surface area contributed by atoms with E-state index < -0.39 is 5.97 Å².